The van der Waals surface area contributed by atoms with Crippen LogP contribution < -0.4 is 4.72 Å². The number of ether oxygens (including phenoxy) is 1. The van der Waals surface area contributed by atoms with Gasteiger partial charge in [0, 0.05) is 6.04 Å². The van der Waals surface area contributed by atoms with Crippen molar-refractivity contribution in [1.82, 2.24) is 4.72 Å². The van der Waals surface area contributed by atoms with E-state index in [1.807, 2.05) is 6.92 Å². The summed E-state index contributed by atoms with van der Waals surface area (Å²) in [6.07, 6.45) is 3.98. The maximum atomic E-state index is 12.6. The molecule has 1 aliphatic rings. The van der Waals surface area contributed by atoms with Crippen LogP contribution in [0.15, 0.2) is 10.3 Å². The predicted octanol–water partition coefficient (Wildman–Crippen LogP) is 2.70. The Morgan fingerprint density at radius 3 is 2.71 bits per heavy atom. The number of sulfonamides is 1. The number of thiophene rings is 1. The first-order valence-electron chi connectivity index (χ1n) is 7.07. The van der Waals surface area contributed by atoms with E-state index in [1.54, 1.807) is 12.3 Å². The van der Waals surface area contributed by atoms with Gasteiger partial charge in [0.15, 0.2) is 0 Å². The van der Waals surface area contributed by atoms with Crippen molar-refractivity contribution in [1.29, 1.82) is 0 Å². The number of rotatable bonds is 7. The molecule has 0 radical (unpaired) electrons. The number of hydrogen-bond acceptors (Lipinski definition) is 5. The third kappa shape index (κ3) is 3.84. The molecule has 1 saturated carbocycles. The average Bonchev–Trinajstić information content (AvgIpc) is 3.16. The van der Waals surface area contributed by atoms with E-state index in [0.29, 0.717) is 11.5 Å². The van der Waals surface area contributed by atoms with Crippen molar-refractivity contribution in [3.8, 4) is 0 Å². The first kappa shape index (κ1) is 16.5. The van der Waals surface area contributed by atoms with E-state index in [4.69, 9.17) is 0 Å². The summed E-state index contributed by atoms with van der Waals surface area (Å²) in [6, 6.07) is -0.0766. The molecule has 21 heavy (non-hydrogen) atoms. The van der Waals surface area contributed by atoms with Crippen molar-refractivity contribution < 1.29 is 17.9 Å². The minimum Gasteiger partial charge on any atom is -0.465 e. The van der Waals surface area contributed by atoms with Gasteiger partial charge >= 0.3 is 5.97 Å². The van der Waals surface area contributed by atoms with Gasteiger partial charge in [0.25, 0.3) is 0 Å². The fraction of sp³-hybridized carbons (Fsp3) is 0.643. The summed E-state index contributed by atoms with van der Waals surface area (Å²) >= 11 is 1.10. The predicted molar refractivity (Wildman–Crippen MR) is 82.1 cm³/mol. The summed E-state index contributed by atoms with van der Waals surface area (Å²) in [5.41, 5.74) is 0.578. The van der Waals surface area contributed by atoms with Crippen LogP contribution in [0.3, 0.4) is 0 Å². The van der Waals surface area contributed by atoms with E-state index in [1.165, 1.54) is 20.0 Å². The summed E-state index contributed by atoms with van der Waals surface area (Å²) in [7, 11) is -2.45. The second kappa shape index (κ2) is 6.46. The maximum Gasteiger partial charge on any atom is 0.349 e. The fourth-order valence-electron chi connectivity index (χ4n) is 2.33. The maximum absolute atomic E-state index is 12.6. The topological polar surface area (TPSA) is 72.5 Å². The normalized spacial score (nSPS) is 16.7. The van der Waals surface area contributed by atoms with E-state index < -0.39 is 16.0 Å². The molecule has 1 fully saturated rings. The van der Waals surface area contributed by atoms with Gasteiger partial charge in [0.05, 0.1) is 7.11 Å². The Labute approximate surface area is 129 Å². The number of nitrogens with one attached hydrogen (secondary N) is 1. The van der Waals surface area contributed by atoms with Crippen molar-refractivity contribution in [3.63, 3.8) is 0 Å². The van der Waals surface area contributed by atoms with Crippen LogP contribution in [0.4, 0.5) is 0 Å². The lowest BCUT2D eigenvalue weighted by Crippen LogP contribution is -2.35. The Morgan fingerprint density at radius 1 is 1.52 bits per heavy atom. The quantitative estimate of drug-likeness (QED) is 0.780. The van der Waals surface area contributed by atoms with Gasteiger partial charge in [-0.05, 0) is 36.6 Å². The Kier molecular flexibility index (Phi) is 5.06. The molecule has 7 heteroatoms. The number of aryl methyl sites for hydroxylation is 1. The Morgan fingerprint density at radius 2 is 2.19 bits per heavy atom. The van der Waals surface area contributed by atoms with E-state index >= 15 is 0 Å². The summed E-state index contributed by atoms with van der Waals surface area (Å²) in [5, 5.41) is 1.67. The lowest BCUT2D eigenvalue weighted by Gasteiger charge is -2.17. The first-order chi connectivity index (χ1) is 9.89. The van der Waals surface area contributed by atoms with E-state index in [9.17, 15) is 13.2 Å². The molecular formula is C14H21NO4S2. The van der Waals surface area contributed by atoms with Gasteiger partial charge in [0.2, 0.25) is 10.0 Å². The molecule has 1 aliphatic carbocycles. The molecule has 2 rings (SSSR count). The third-order valence-corrected chi connectivity index (χ3v) is 6.60. The summed E-state index contributed by atoms with van der Waals surface area (Å²) < 4.78 is 32.6. The van der Waals surface area contributed by atoms with E-state index in [0.717, 1.165) is 24.2 Å². The molecule has 118 valence electrons. The van der Waals surface area contributed by atoms with Crippen LogP contribution in [0.25, 0.3) is 0 Å². The second-order valence-corrected chi connectivity index (χ2v) is 8.00. The molecule has 1 N–H and O–H groups in total. The minimum atomic E-state index is -3.70. The van der Waals surface area contributed by atoms with Crippen molar-refractivity contribution >= 4 is 27.3 Å². The molecule has 1 heterocycles. The Bertz CT molecular complexity index is 617. The lowest BCUT2D eigenvalue weighted by molar-refractivity contribution is 0.0602. The highest BCUT2D eigenvalue weighted by molar-refractivity contribution is 7.89. The standard InChI is InChI=1S/C14H21NO4S2/c1-4-11(7-10-5-6-10)15-21(17,18)13-9(2)8-20-12(13)14(16)19-3/h8,10-11,15H,4-7H2,1-3H3. The first-order valence-corrected chi connectivity index (χ1v) is 9.44. The molecule has 0 saturated heterocycles. The van der Waals surface area contributed by atoms with Crippen molar-refractivity contribution in [2.45, 2.75) is 50.5 Å². The second-order valence-electron chi connectivity index (χ2n) is 5.47. The number of hydrogen-bond donors (Lipinski definition) is 1. The monoisotopic (exact) mass is 331 g/mol. The average molecular weight is 331 g/mol. The molecule has 0 amide bonds. The smallest absolute Gasteiger partial charge is 0.349 e. The molecule has 0 bridgehead atoms. The van der Waals surface area contributed by atoms with Crippen LogP contribution in [0, 0.1) is 12.8 Å². The zero-order valence-electron chi connectivity index (χ0n) is 12.5. The minimum absolute atomic E-state index is 0.0635. The largest absolute Gasteiger partial charge is 0.465 e. The number of carbonyl (C=O) groups is 1. The summed E-state index contributed by atoms with van der Waals surface area (Å²) in [4.78, 5) is 11.9. The number of methoxy groups -OCH3 is 1. The van der Waals surface area contributed by atoms with E-state index in [2.05, 4.69) is 9.46 Å². The molecule has 0 aromatic carbocycles. The van der Waals surface area contributed by atoms with Gasteiger partial charge < -0.3 is 4.74 Å². The molecule has 0 aliphatic heterocycles. The molecule has 1 aromatic heterocycles. The number of esters is 1. The van der Waals surface area contributed by atoms with Crippen LogP contribution in [-0.2, 0) is 14.8 Å². The number of carbonyl (C=O) groups excluding carboxylic acids is 1. The zero-order chi connectivity index (χ0) is 15.6. The van der Waals surface area contributed by atoms with Crippen LogP contribution in [0.1, 0.15) is 47.8 Å². The van der Waals surface area contributed by atoms with Gasteiger partial charge in [-0.15, -0.1) is 11.3 Å². The SMILES string of the molecule is CCC(CC1CC1)NS(=O)(=O)c1c(C)csc1C(=O)OC. The van der Waals surface area contributed by atoms with Crippen LogP contribution in [0.5, 0.6) is 0 Å². The molecule has 1 atom stereocenters. The van der Waals surface area contributed by atoms with Gasteiger partial charge in [-0.1, -0.05) is 19.8 Å². The lowest BCUT2D eigenvalue weighted by atomic mass is 10.1. The van der Waals surface area contributed by atoms with Gasteiger partial charge in [-0.25, -0.2) is 17.9 Å². The highest BCUT2D eigenvalue weighted by Gasteiger charge is 2.31. The van der Waals surface area contributed by atoms with Crippen LogP contribution in [0.2, 0.25) is 0 Å². The molecule has 1 unspecified atom stereocenters. The Hall–Kier alpha value is -0.920. The van der Waals surface area contributed by atoms with Gasteiger partial charge in [0.1, 0.15) is 9.77 Å². The van der Waals surface area contributed by atoms with E-state index in [-0.39, 0.29) is 15.8 Å². The summed E-state index contributed by atoms with van der Waals surface area (Å²) in [6.45, 7) is 3.66. The Balaban J connectivity index is 2.25. The highest BCUT2D eigenvalue weighted by Crippen LogP contribution is 2.35. The molecule has 0 spiro atoms. The highest BCUT2D eigenvalue weighted by atomic mass is 32.2. The van der Waals surface area contributed by atoms with Crippen molar-refractivity contribution in [2.75, 3.05) is 7.11 Å². The zero-order valence-corrected chi connectivity index (χ0v) is 14.1. The molecule has 5 nitrogen and oxygen atoms in total. The third-order valence-electron chi connectivity index (χ3n) is 3.69. The van der Waals surface area contributed by atoms with Gasteiger partial charge in [-0.2, -0.15) is 0 Å². The fourth-order valence-corrected chi connectivity index (χ4v) is 5.37. The molecular weight excluding hydrogens is 310 g/mol. The van der Waals surface area contributed by atoms with Gasteiger partial charge in [-0.3, -0.25) is 0 Å². The molecule has 1 aromatic rings. The van der Waals surface area contributed by atoms with Crippen molar-refractivity contribution in [3.05, 3.63) is 15.8 Å². The van der Waals surface area contributed by atoms with Crippen LogP contribution >= 0.6 is 11.3 Å². The summed E-state index contributed by atoms with van der Waals surface area (Å²) in [5.74, 6) is 0.0324. The van der Waals surface area contributed by atoms with Crippen LogP contribution in [-0.4, -0.2) is 27.5 Å². The van der Waals surface area contributed by atoms with Crippen molar-refractivity contribution in [2.24, 2.45) is 5.92 Å².